The molecule has 2 aromatic rings. The second kappa shape index (κ2) is 5.19. The molecule has 1 aliphatic carbocycles. The average Bonchev–Trinajstić information content (AvgIpc) is 2.81. The van der Waals surface area contributed by atoms with Crippen molar-refractivity contribution in [1.82, 2.24) is 4.98 Å². The monoisotopic (exact) mass is 272 g/mol. The number of H-pyrrole nitrogens is 1. The number of rotatable bonds is 2. The summed E-state index contributed by atoms with van der Waals surface area (Å²) in [7, 11) is 0. The number of carbonyl (C=O) groups excluding carboxylic acids is 1. The predicted molar refractivity (Wildman–Crippen MR) is 79.5 cm³/mol. The third-order valence-electron chi connectivity index (χ3n) is 4.03. The maximum absolute atomic E-state index is 12.2. The first-order valence-electron chi connectivity index (χ1n) is 7.21. The minimum Gasteiger partial charge on any atom is -0.458 e. The predicted octanol–water partition coefficient (Wildman–Crippen LogP) is 3.49. The number of nitrogens with one attached hydrogen (secondary N) is 1. The van der Waals surface area contributed by atoms with Crippen molar-refractivity contribution >= 4 is 22.6 Å². The van der Waals surface area contributed by atoms with Crippen molar-refractivity contribution in [1.29, 1.82) is 0 Å². The molecule has 2 atom stereocenters. The van der Waals surface area contributed by atoms with Gasteiger partial charge in [0, 0.05) is 16.6 Å². The molecule has 1 fully saturated rings. The molecule has 20 heavy (non-hydrogen) atoms. The van der Waals surface area contributed by atoms with Crippen molar-refractivity contribution in [3.63, 3.8) is 0 Å². The van der Waals surface area contributed by atoms with Gasteiger partial charge in [-0.2, -0.15) is 0 Å². The Hall–Kier alpha value is -1.97. The fourth-order valence-electron chi connectivity index (χ4n) is 2.96. The number of esters is 1. The molecule has 2 unspecified atom stereocenters. The first kappa shape index (κ1) is 13.0. The number of nitrogen functional groups attached to an aromatic ring is 1. The lowest BCUT2D eigenvalue weighted by atomic mass is 9.89. The van der Waals surface area contributed by atoms with Crippen LogP contribution in [0.4, 0.5) is 5.69 Å². The van der Waals surface area contributed by atoms with E-state index < -0.39 is 0 Å². The van der Waals surface area contributed by atoms with Gasteiger partial charge in [-0.25, -0.2) is 4.79 Å². The average molecular weight is 272 g/mol. The van der Waals surface area contributed by atoms with Crippen LogP contribution in [0.25, 0.3) is 10.9 Å². The first-order chi connectivity index (χ1) is 9.61. The van der Waals surface area contributed by atoms with Crippen molar-refractivity contribution < 1.29 is 9.53 Å². The van der Waals surface area contributed by atoms with Crippen molar-refractivity contribution in [3.05, 3.63) is 30.0 Å². The molecule has 0 aliphatic heterocycles. The van der Waals surface area contributed by atoms with Gasteiger partial charge in [-0.05, 0) is 49.4 Å². The summed E-state index contributed by atoms with van der Waals surface area (Å²) >= 11 is 0. The molecule has 4 nitrogen and oxygen atoms in total. The summed E-state index contributed by atoms with van der Waals surface area (Å²) in [6.07, 6.45) is 4.38. The Morgan fingerprint density at radius 2 is 2.20 bits per heavy atom. The molecule has 4 heteroatoms. The second-order valence-corrected chi connectivity index (χ2v) is 5.83. The molecule has 1 heterocycles. The lowest BCUT2D eigenvalue weighted by Gasteiger charge is -2.26. The molecule has 1 aliphatic rings. The zero-order chi connectivity index (χ0) is 14.1. The van der Waals surface area contributed by atoms with Crippen molar-refractivity contribution in [3.8, 4) is 0 Å². The van der Waals surface area contributed by atoms with Crippen LogP contribution in [-0.4, -0.2) is 17.1 Å². The quantitative estimate of drug-likeness (QED) is 0.649. The van der Waals surface area contributed by atoms with Crippen molar-refractivity contribution in [2.75, 3.05) is 5.73 Å². The van der Waals surface area contributed by atoms with Crippen LogP contribution in [0, 0.1) is 5.92 Å². The van der Waals surface area contributed by atoms with Gasteiger partial charge in [0.05, 0.1) is 0 Å². The highest BCUT2D eigenvalue weighted by Gasteiger charge is 2.23. The normalized spacial score (nSPS) is 22.9. The van der Waals surface area contributed by atoms with Crippen molar-refractivity contribution in [2.45, 2.75) is 38.7 Å². The van der Waals surface area contributed by atoms with Crippen LogP contribution in [0.15, 0.2) is 24.3 Å². The summed E-state index contributed by atoms with van der Waals surface area (Å²) in [5.41, 5.74) is 7.85. The molecule has 0 saturated heterocycles. The zero-order valence-corrected chi connectivity index (χ0v) is 11.7. The number of anilines is 1. The number of ether oxygens (including phenoxy) is 1. The molecule has 3 N–H and O–H groups in total. The lowest BCUT2D eigenvalue weighted by Crippen LogP contribution is -2.24. The van der Waals surface area contributed by atoms with E-state index in [1.165, 1.54) is 6.42 Å². The molecule has 3 rings (SSSR count). The fraction of sp³-hybridized carbons (Fsp3) is 0.438. The number of nitrogens with two attached hydrogens (primary N) is 1. The summed E-state index contributed by atoms with van der Waals surface area (Å²) in [5.74, 6) is 0.378. The largest absolute Gasteiger partial charge is 0.458 e. The lowest BCUT2D eigenvalue weighted by molar-refractivity contribution is 0.0150. The van der Waals surface area contributed by atoms with E-state index in [-0.39, 0.29) is 12.1 Å². The topological polar surface area (TPSA) is 68.1 Å². The van der Waals surface area contributed by atoms with E-state index in [2.05, 4.69) is 11.9 Å². The van der Waals surface area contributed by atoms with Crippen LogP contribution in [-0.2, 0) is 4.74 Å². The molecule has 0 bridgehead atoms. The standard InChI is InChI=1S/C16H20N2O2/c1-10-3-2-4-13(7-10)20-16(19)15-9-11-8-12(17)5-6-14(11)18-15/h5-6,8-10,13,18H,2-4,7,17H2,1H3. The van der Waals surface area contributed by atoms with Gasteiger partial charge >= 0.3 is 5.97 Å². The Bertz CT molecular complexity index is 632. The Balaban J connectivity index is 1.75. The molecule has 1 saturated carbocycles. The molecule has 0 radical (unpaired) electrons. The maximum Gasteiger partial charge on any atom is 0.355 e. The number of aromatic nitrogens is 1. The highest BCUT2D eigenvalue weighted by molar-refractivity contribution is 5.95. The van der Waals surface area contributed by atoms with E-state index in [0.717, 1.165) is 30.2 Å². The van der Waals surface area contributed by atoms with Crippen LogP contribution < -0.4 is 5.73 Å². The smallest absolute Gasteiger partial charge is 0.355 e. The van der Waals surface area contributed by atoms with Gasteiger partial charge in [0.1, 0.15) is 11.8 Å². The van der Waals surface area contributed by atoms with E-state index in [1.54, 1.807) is 6.07 Å². The molecular weight excluding hydrogens is 252 g/mol. The summed E-state index contributed by atoms with van der Waals surface area (Å²) in [6.45, 7) is 2.21. The van der Waals surface area contributed by atoms with Gasteiger partial charge in [0.25, 0.3) is 0 Å². The Labute approximate surface area is 118 Å². The van der Waals surface area contributed by atoms with Crippen LogP contribution in [0.3, 0.4) is 0 Å². The van der Waals surface area contributed by atoms with Crippen molar-refractivity contribution in [2.24, 2.45) is 5.92 Å². The van der Waals surface area contributed by atoms with Gasteiger partial charge in [-0.1, -0.05) is 13.3 Å². The van der Waals surface area contributed by atoms with E-state index >= 15 is 0 Å². The fourth-order valence-corrected chi connectivity index (χ4v) is 2.96. The number of hydrogen-bond donors (Lipinski definition) is 2. The van der Waals surface area contributed by atoms with Gasteiger partial charge in [0.15, 0.2) is 0 Å². The van der Waals surface area contributed by atoms with Crippen LogP contribution in [0.5, 0.6) is 0 Å². The van der Waals surface area contributed by atoms with E-state index in [1.807, 2.05) is 18.2 Å². The summed E-state index contributed by atoms with van der Waals surface area (Å²) in [5, 5.41) is 0.939. The van der Waals surface area contributed by atoms with Gasteiger partial charge in [0.2, 0.25) is 0 Å². The molecule has 106 valence electrons. The third-order valence-corrected chi connectivity index (χ3v) is 4.03. The van der Waals surface area contributed by atoms with E-state index in [0.29, 0.717) is 17.3 Å². The molecule has 0 spiro atoms. The number of carbonyl (C=O) groups is 1. The highest BCUT2D eigenvalue weighted by atomic mass is 16.5. The summed E-state index contributed by atoms with van der Waals surface area (Å²) in [4.78, 5) is 15.3. The third kappa shape index (κ3) is 2.64. The Kier molecular flexibility index (Phi) is 3.38. The maximum atomic E-state index is 12.2. The van der Waals surface area contributed by atoms with Gasteiger partial charge in [-0.3, -0.25) is 0 Å². The Morgan fingerprint density at radius 1 is 1.35 bits per heavy atom. The van der Waals surface area contributed by atoms with E-state index in [9.17, 15) is 4.79 Å². The minimum absolute atomic E-state index is 0.0581. The summed E-state index contributed by atoms with van der Waals surface area (Å²) < 4.78 is 5.61. The number of aromatic amines is 1. The first-order valence-corrected chi connectivity index (χ1v) is 7.21. The van der Waals surface area contributed by atoms with Gasteiger partial charge in [-0.15, -0.1) is 0 Å². The molecule has 1 aromatic heterocycles. The number of benzene rings is 1. The summed E-state index contributed by atoms with van der Waals surface area (Å²) in [6, 6.07) is 7.35. The zero-order valence-electron chi connectivity index (χ0n) is 11.7. The second-order valence-electron chi connectivity index (χ2n) is 5.83. The Morgan fingerprint density at radius 3 is 3.00 bits per heavy atom. The SMILES string of the molecule is CC1CCCC(OC(=O)c2cc3cc(N)ccc3[nH]2)C1. The molecule has 1 aromatic carbocycles. The van der Waals surface area contributed by atoms with E-state index in [4.69, 9.17) is 10.5 Å². The van der Waals surface area contributed by atoms with Gasteiger partial charge < -0.3 is 15.5 Å². The molecule has 0 amide bonds. The number of fused-ring (bicyclic) bond motifs is 1. The molecular formula is C16H20N2O2. The minimum atomic E-state index is -0.265. The van der Waals surface area contributed by atoms with Crippen LogP contribution >= 0.6 is 0 Å². The van der Waals surface area contributed by atoms with Crippen LogP contribution in [0.1, 0.15) is 43.1 Å². The van der Waals surface area contributed by atoms with Crippen LogP contribution in [0.2, 0.25) is 0 Å². The highest BCUT2D eigenvalue weighted by Crippen LogP contribution is 2.27. The number of hydrogen-bond acceptors (Lipinski definition) is 3.